The molecule has 5 rings (SSSR count). The SMILES string of the molecule is O=S(=O)(NC1CCN(c2cc(-c3cccs3)[nH]n2)CC1)c1ccc2c(c1)CCO2. The van der Waals surface area contributed by atoms with Gasteiger partial charge in [-0.25, -0.2) is 13.1 Å². The van der Waals surface area contributed by atoms with E-state index in [0.717, 1.165) is 60.1 Å². The number of fused-ring (bicyclic) bond motifs is 1. The lowest BCUT2D eigenvalue weighted by atomic mass is 10.1. The number of nitrogens with zero attached hydrogens (tertiary/aromatic N) is 2. The largest absolute Gasteiger partial charge is 0.493 e. The molecule has 1 saturated heterocycles. The van der Waals surface area contributed by atoms with Crippen molar-refractivity contribution in [2.45, 2.75) is 30.2 Å². The minimum Gasteiger partial charge on any atom is -0.493 e. The highest BCUT2D eigenvalue weighted by Gasteiger charge is 2.27. The summed E-state index contributed by atoms with van der Waals surface area (Å²) in [7, 11) is -3.53. The lowest BCUT2D eigenvalue weighted by molar-refractivity contribution is 0.356. The number of sulfonamides is 1. The Balaban J connectivity index is 1.22. The zero-order chi connectivity index (χ0) is 19.8. The van der Waals surface area contributed by atoms with E-state index in [1.807, 2.05) is 11.4 Å². The molecule has 152 valence electrons. The third kappa shape index (κ3) is 3.77. The van der Waals surface area contributed by atoms with Gasteiger partial charge in [0.1, 0.15) is 5.75 Å². The van der Waals surface area contributed by atoms with Crippen molar-refractivity contribution >= 4 is 27.2 Å². The smallest absolute Gasteiger partial charge is 0.240 e. The van der Waals surface area contributed by atoms with Crippen molar-refractivity contribution in [2.75, 3.05) is 24.6 Å². The number of nitrogens with one attached hydrogen (secondary N) is 2. The van der Waals surface area contributed by atoms with Crippen LogP contribution in [0.15, 0.2) is 46.7 Å². The molecule has 0 amide bonds. The maximum atomic E-state index is 12.8. The van der Waals surface area contributed by atoms with Crippen LogP contribution in [-0.4, -0.2) is 44.4 Å². The zero-order valence-electron chi connectivity index (χ0n) is 15.8. The molecule has 2 aromatic heterocycles. The number of thiophene rings is 1. The molecule has 0 bridgehead atoms. The Morgan fingerprint density at radius 1 is 1.21 bits per heavy atom. The average Bonchev–Trinajstić information content (AvgIpc) is 3.48. The first kappa shape index (κ1) is 18.7. The van der Waals surface area contributed by atoms with Gasteiger partial charge in [0.25, 0.3) is 0 Å². The molecule has 2 N–H and O–H groups in total. The molecular weight excluding hydrogens is 408 g/mol. The minimum atomic E-state index is -3.53. The van der Waals surface area contributed by atoms with Crippen LogP contribution in [0.3, 0.4) is 0 Å². The normalized spacial score (nSPS) is 17.3. The standard InChI is InChI=1S/C20H22N4O3S2/c25-29(26,16-3-4-18-14(12-16)7-10-27-18)23-15-5-8-24(9-6-15)20-13-17(21-22-20)19-2-1-11-28-19/h1-4,11-13,15,23H,5-10H2,(H,21,22). The number of aromatic nitrogens is 2. The number of piperidine rings is 1. The summed E-state index contributed by atoms with van der Waals surface area (Å²) in [6, 6.07) is 11.2. The Labute approximate surface area is 173 Å². The van der Waals surface area contributed by atoms with Crippen molar-refractivity contribution in [3.05, 3.63) is 47.3 Å². The van der Waals surface area contributed by atoms with Crippen LogP contribution in [0.4, 0.5) is 5.82 Å². The fraction of sp³-hybridized carbons (Fsp3) is 0.350. The molecule has 0 unspecified atom stereocenters. The molecule has 1 aromatic carbocycles. The third-order valence-corrected chi connectivity index (χ3v) is 7.88. The monoisotopic (exact) mass is 430 g/mol. The van der Waals surface area contributed by atoms with Crippen molar-refractivity contribution in [3.8, 4) is 16.3 Å². The molecule has 3 aromatic rings. The number of aromatic amines is 1. The van der Waals surface area contributed by atoms with Crippen LogP contribution >= 0.6 is 11.3 Å². The Morgan fingerprint density at radius 3 is 2.86 bits per heavy atom. The van der Waals surface area contributed by atoms with Crippen LogP contribution < -0.4 is 14.4 Å². The van der Waals surface area contributed by atoms with E-state index in [2.05, 4.69) is 32.0 Å². The van der Waals surface area contributed by atoms with E-state index >= 15 is 0 Å². The Bertz CT molecular complexity index is 1100. The van der Waals surface area contributed by atoms with E-state index < -0.39 is 10.0 Å². The van der Waals surface area contributed by atoms with Gasteiger partial charge in [0.2, 0.25) is 10.0 Å². The van der Waals surface area contributed by atoms with Gasteiger partial charge in [0, 0.05) is 31.6 Å². The highest BCUT2D eigenvalue weighted by atomic mass is 32.2. The summed E-state index contributed by atoms with van der Waals surface area (Å²) in [6.07, 6.45) is 2.25. The van der Waals surface area contributed by atoms with Gasteiger partial charge in [-0.15, -0.1) is 11.3 Å². The molecule has 7 nitrogen and oxygen atoms in total. The molecule has 29 heavy (non-hydrogen) atoms. The van der Waals surface area contributed by atoms with E-state index in [1.54, 1.807) is 29.5 Å². The number of rotatable bonds is 5. The number of ether oxygens (including phenoxy) is 1. The molecule has 0 atom stereocenters. The first-order valence-corrected chi connectivity index (χ1v) is 12.1. The van der Waals surface area contributed by atoms with Crippen molar-refractivity contribution in [2.24, 2.45) is 0 Å². The van der Waals surface area contributed by atoms with Crippen LogP contribution in [-0.2, 0) is 16.4 Å². The summed E-state index contributed by atoms with van der Waals surface area (Å²) in [5, 5.41) is 9.57. The van der Waals surface area contributed by atoms with Gasteiger partial charge in [0.15, 0.2) is 5.82 Å². The highest BCUT2D eigenvalue weighted by molar-refractivity contribution is 7.89. The van der Waals surface area contributed by atoms with Gasteiger partial charge >= 0.3 is 0 Å². The number of hydrogen-bond acceptors (Lipinski definition) is 6. The van der Waals surface area contributed by atoms with Gasteiger partial charge < -0.3 is 9.64 Å². The van der Waals surface area contributed by atoms with E-state index in [4.69, 9.17) is 4.74 Å². The summed E-state index contributed by atoms with van der Waals surface area (Å²) < 4.78 is 34.0. The van der Waals surface area contributed by atoms with Gasteiger partial charge in [-0.3, -0.25) is 5.10 Å². The van der Waals surface area contributed by atoms with Crippen molar-refractivity contribution < 1.29 is 13.2 Å². The fourth-order valence-electron chi connectivity index (χ4n) is 3.88. The average molecular weight is 431 g/mol. The second-order valence-corrected chi connectivity index (χ2v) is 10.0. The van der Waals surface area contributed by atoms with E-state index in [0.29, 0.717) is 11.5 Å². The molecule has 0 saturated carbocycles. The van der Waals surface area contributed by atoms with E-state index in [9.17, 15) is 8.42 Å². The fourth-order valence-corrected chi connectivity index (χ4v) is 5.92. The Hall–Kier alpha value is -2.36. The van der Waals surface area contributed by atoms with Crippen LogP contribution in [0.2, 0.25) is 0 Å². The predicted molar refractivity (Wildman–Crippen MR) is 113 cm³/mol. The maximum absolute atomic E-state index is 12.8. The molecule has 2 aliphatic heterocycles. The second kappa shape index (κ2) is 7.47. The van der Waals surface area contributed by atoms with Crippen molar-refractivity contribution in [1.29, 1.82) is 0 Å². The third-order valence-electron chi connectivity index (χ3n) is 5.46. The van der Waals surface area contributed by atoms with Gasteiger partial charge in [-0.2, -0.15) is 5.10 Å². The Morgan fingerprint density at radius 2 is 2.07 bits per heavy atom. The van der Waals surface area contributed by atoms with Gasteiger partial charge in [-0.1, -0.05) is 6.07 Å². The molecular formula is C20H22N4O3S2. The predicted octanol–water partition coefficient (Wildman–Crippen LogP) is 3.02. The van der Waals surface area contributed by atoms with Gasteiger partial charge in [-0.05, 0) is 48.1 Å². The van der Waals surface area contributed by atoms with Crippen LogP contribution in [0.1, 0.15) is 18.4 Å². The molecule has 9 heteroatoms. The first-order chi connectivity index (χ1) is 14.1. The maximum Gasteiger partial charge on any atom is 0.240 e. The van der Waals surface area contributed by atoms with Crippen LogP contribution in [0.25, 0.3) is 10.6 Å². The highest BCUT2D eigenvalue weighted by Crippen LogP contribution is 2.29. The second-order valence-electron chi connectivity index (χ2n) is 7.37. The summed E-state index contributed by atoms with van der Waals surface area (Å²) in [4.78, 5) is 3.67. The minimum absolute atomic E-state index is 0.0727. The lowest BCUT2D eigenvalue weighted by Gasteiger charge is -2.32. The molecule has 4 heterocycles. The zero-order valence-corrected chi connectivity index (χ0v) is 17.4. The molecule has 0 aliphatic carbocycles. The van der Waals surface area contributed by atoms with Gasteiger partial charge in [0.05, 0.1) is 22.1 Å². The van der Waals surface area contributed by atoms with E-state index in [-0.39, 0.29) is 6.04 Å². The van der Waals surface area contributed by atoms with Crippen molar-refractivity contribution in [1.82, 2.24) is 14.9 Å². The number of benzene rings is 1. The first-order valence-electron chi connectivity index (χ1n) is 9.71. The van der Waals surface area contributed by atoms with Crippen LogP contribution in [0, 0.1) is 0 Å². The molecule has 0 spiro atoms. The summed E-state index contributed by atoms with van der Waals surface area (Å²) in [5.41, 5.74) is 1.97. The summed E-state index contributed by atoms with van der Waals surface area (Å²) >= 11 is 1.67. The number of hydrogen-bond donors (Lipinski definition) is 2. The number of anilines is 1. The Kier molecular flexibility index (Phi) is 4.81. The molecule has 1 fully saturated rings. The van der Waals surface area contributed by atoms with Crippen molar-refractivity contribution in [3.63, 3.8) is 0 Å². The molecule has 2 aliphatic rings. The topological polar surface area (TPSA) is 87.3 Å². The quantitative estimate of drug-likeness (QED) is 0.650. The van der Waals surface area contributed by atoms with E-state index in [1.165, 1.54) is 0 Å². The number of H-pyrrole nitrogens is 1. The summed E-state index contributed by atoms with van der Waals surface area (Å²) in [6.45, 7) is 2.14. The summed E-state index contributed by atoms with van der Waals surface area (Å²) in [5.74, 6) is 1.70. The lowest BCUT2D eigenvalue weighted by Crippen LogP contribution is -2.44. The van der Waals surface area contributed by atoms with Crippen LogP contribution in [0.5, 0.6) is 5.75 Å². The molecule has 0 radical (unpaired) electrons.